The van der Waals surface area contributed by atoms with Crippen molar-refractivity contribution in [1.29, 1.82) is 0 Å². The molecule has 16 valence electrons. The van der Waals surface area contributed by atoms with E-state index in [1.807, 2.05) is 0 Å². The van der Waals surface area contributed by atoms with Crippen molar-refractivity contribution in [3.05, 3.63) is 0 Å². The molecule has 0 amide bonds. The molecule has 0 saturated carbocycles. The summed E-state index contributed by atoms with van der Waals surface area (Å²) in [7, 11) is 0. The number of hydrogen-bond acceptors (Lipinski definition) is 0. The Kier molecular flexibility index (Phi) is 123. The van der Waals surface area contributed by atoms with Gasteiger partial charge in [0, 0.05) is 0 Å². The summed E-state index contributed by atoms with van der Waals surface area (Å²) < 4.78 is 0. The summed E-state index contributed by atoms with van der Waals surface area (Å²) >= 11 is 0. The molecule has 0 aromatic carbocycles. The molecule has 0 nitrogen and oxygen atoms in total. The van der Waals surface area contributed by atoms with Gasteiger partial charge in [0.05, 0.1) is 0 Å². The molecule has 0 aliphatic heterocycles. The van der Waals surface area contributed by atoms with Crippen molar-refractivity contribution in [3.63, 3.8) is 0 Å². The average Bonchev–Trinajstić information content (AvgIpc) is 0. The van der Waals surface area contributed by atoms with Gasteiger partial charge >= 0.3 is 68.5 Å². The van der Waals surface area contributed by atoms with Crippen LogP contribution in [0.2, 0.25) is 0 Å². The Morgan fingerprint density at radius 1 is 0.750 bits per heavy atom. The Bertz CT molecular complexity index is 6.00. The maximum absolute atomic E-state index is 0. The van der Waals surface area contributed by atoms with Crippen LogP contribution in [-0.2, 0) is 0 Å². The van der Waals surface area contributed by atoms with E-state index >= 15 is 0 Å². The Hall–Kier alpha value is 2.83. The van der Waals surface area contributed by atoms with E-state index in [-0.39, 0.29) is 93.3 Å². The summed E-state index contributed by atoms with van der Waals surface area (Å²) in [6, 6.07) is 0. The van der Waals surface area contributed by atoms with Crippen LogP contribution in [0.4, 0.5) is 0 Å². The van der Waals surface area contributed by atoms with Gasteiger partial charge in [-0.2, -0.15) is 0 Å². The molecular weight excluding hydrogens is 183 g/mol. The Morgan fingerprint density at radius 2 is 0.750 bits per heavy atom. The zero-order valence-electron chi connectivity index (χ0n) is 2.17. The van der Waals surface area contributed by atoms with Crippen molar-refractivity contribution < 1.29 is 24.8 Å². The number of halogens is 2. The van der Waals surface area contributed by atoms with Gasteiger partial charge in [-0.05, 0) is 0 Å². The molecule has 0 atom stereocenters. The molecule has 0 aromatic rings. The van der Waals surface area contributed by atoms with Crippen LogP contribution in [0.25, 0.3) is 0 Å². The maximum atomic E-state index is 0. The van der Waals surface area contributed by atoms with Crippen LogP contribution < -0.4 is 24.8 Å². The van der Waals surface area contributed by atoms with Gasteiger partial charge < -0.3 is 24.8 Å². The maximum Gasteiger partial charge on any atom is 2.00 e. The third-order valence-electron chi connectivity index (χ3n) is 0. The molecule has 0 radical (unpaired) electrons. The second kappa shape index (κ2) is 17.0. The van der Waals surface area contributed by atoms with Crippen LogP contribution in [0, 0.1) is 0 Å². The molecule has 0 bridgehead atoms. The molecule has 4 heavy (non-hydrogen) atoms. The molecule has 0 fully saturated rings. The van der Waals surface area contributed by atoms with E-state index in [0.29, 0.717) is 0 Å². The molecule has 0 saturated heterocycles. The van der Waals surface area contributed by atoms with Crippen LogP contribution in [0.15, 0.2) is 0 Å². The SMILES string of the molecule is [Cl-].[Cl-].[Mg+2].[Sr+2]. The zero-order valence-corrected chi connectivity index (χ0v) is 8.57. The standard InChI is InChI=1S/2ClH.Mg.Sr/h2*1H;;/q;;2*+2/p-2. The van der Waals surface area contributed by atoms with Gasteiger partial charge in [-0.1, -0.05) is 0 Å². The topological polar surface area (TPSA) is 0 Å². The number of rotatable bonds is 0. The van der Waals surface area contributed by atoms with Crippen molar-refractivity contribution >= 4 is 68.5 Å². The first kappa shape index (κ1) is 29.0. The molecule has 0 aliphatic carbocycles. The van der Waals surface area contributed by atoms with Gasteiger partial charge in [0.25, 0.3) is 0 Å². The van der Waals surface area contributed by atoms with Crippen molar-refractivity contribution in [2.75, 3.05) is 0 Å². The minimum absolute atomic E-state index is 0. The second-order valence-electron chi connectivity index (χ2n) is 0. The summed E-state index contributed by atoms with van der Waals surface area (Å²) in [5.74, 6) is 0. The monoisotopic (exact) mass is 182 g/mol. The van der Waals surface area contributed by atoms with E-state index < -0.39 is 0 Å². The van der Waals surface area contributed by atoms with Crippen LogP contribution >= 0.6 is 0 Å². The summed E-state index contributed by atoms with van der Waals surface area (Å²) in [5, 5.41) is 0. The van der Waals surface area contributed by atoms with Gasteiger partial charge in [0.2, 0.25) is 0 Å². The first-order valence-corrected chi connectivity index (χ1v) is 0. The van der Waals surface area contributed by atoms with Crippen molar-refractivity contribution in [3.8, 4) is 0 Å². The molecule has 0 unspecified atom stereocenters. The van der Waals surface area contributed by atoms with Crippen LogP contribution in [0.1, 0.15) is 0 Å². The summed E-state index contributed by atoms with van der Waals surface area (Å²) in [6.07, 6.45) is 0. The first-order valence-electron chi connectivity index (χ1n) is 0. The quantitative estimate of drug-likeness (QED) is 0.327. The fourth-order valence-corrected chi connectivity index (χ4v) is 0. The molecule has 4 heteroatoms. The van der Waals surface area contributed by atoms with E-state index in [1.54, 1.807) is 0 Å². The molecule has 0 N–H and O–H groups in total. The summed E-state index contributed by atoms with van der Waals surface area (Å²) in [6.45, 7) is 0. The largest absolute Gasteiger partial charge is 2.00 e. The minimum Gasteiger partial charge on any atom is -1.00 e. The van der Waals surface area contributed by atoms with Gasteiger partial charge in [0.15, 0.2) is 0 Å². The molecule has 0 spiro atoms. The molecule has 0 aliphatic rings. The second-order valence-corrected chi connectivity index (χ2v) is 0. The Morgan fingerprint density at radius 3 is 0.750 bits per heavy atom. The van der Waals surface area contributed by atoms with Gasteiger partial charge in [-0.15, -0.1) is 0 Å². The van der Waals surface area contributed by atoms with E-state index in [2.05, 4.69) is 0 Å². The minimum atomic E-state index is 0. The predicted molar refractivity (Wildman–Crippen MR) is 11.5 cm³/mol. The van der Waals surface area contributed by atoms with Crippen molar-refractivity contribution in [2.45, 2.75) is 0 Å². The molecule has 0 aromatic heterocycles. The predicted octanol–water partition coefficient (Wildman–Crippen LogP) is -6.75. The van der Waals surface area contributed by atoms with E-state index in [4.69, 9.17) is 0 Å². The third-order valence-corrected chi connectivity index (χ3v) is 0. The summed E-state index contributed by atoms with van der Waals surface area (Å²) in [5.41, 5.74) is 0. The number of hydrogen-bond donors (Lipinski definition) is 0. The molecule has 0 heterocycles. The molecule has 0 rings (SSSR count). The fourth-order valence-electron chi connectivity index (χ4n) is 0. The van der Waals surface area contributed by atoms with Crippen LogP contribution in [0.5, 0.6) is 0 Å². The zero-order chi connectivity index (χ0) is 0. The normalized spacial score (nSPS) is 0. The van der Waals surface area contributed by atoms with Crippen molar-refractivity contribution in [1.82, 2.24) is 0 Å². The molecular formula is Cl2MgSr+2. The third kappa shape index (κ3) is 8.85. The Labute approximate surface area is 91.3 Å². The van der Waals surface area contributed by atoms with E-state index in [1.165, 1.54) is 0 Å². The Balaban J connectivity index is 0. The van der Waals surface area contributed by atoms with E-state index in [0.717, 1.165) is 0 Å². The first-order chi connectivity index (χ1) is 0. The average molecular weight is 183 g/mol. The van der Waals surface area contributed by atoms with Gasteiger partial charge in [0.1, 0.15) is 0 Å². The van der Waals surface area contributed by atoms with Crippen LogP contribution in [0.3, 0.4) is 0 Å². The fraction of sp³-hybridized carbons (Fsp3) is 0. The van der Waals surface area contributed by atoms with E-state index in [9.17, 15) is 0 Å². The van der Waals surface area contributed by atoms with Crippen molar-refractivity contribution in [2.24, 2.45) is 0 Å². The van der Waals surface area contributed by atoms with Gasteiger partial charge in [-0.3, -0.25) is 0 Å². The van der Waals surface area contributed by atoms with Crippen LogP contribution in [-0.4, -0.2) is 68.5 Å². The summed E-state index contributed by atoms with van der Waals surface area (Å²) in [4.78, 5) is 0. The van der Waals surface area contributed by atoms with Gasteiger partial charge in [-0.25, -0.2) is 0 Å². The smallest absolute Gasteiger partial charge is 1.00 e.